The second-order valence-electron chi connectivity index (χ2n) is 8.65. The molecule has 1 amide bonds. The predicted octanol–water partition coefficient (Wildman–Crippen LogP) is 4.63. The van der Waals surface area contributed by atoms with Gasteiger partial charge < -0.3 is 19.9 Å². The fraction of sp³-hybridized carbons (Fsp3) is 0.423. The first-order valence-corrected chi connectivity index (χ1v) is 11.6. The molecule has 0 bridgehead atoms. The summed E-state index contributed by atoms with van der Waals surface area (Å²) in [6.45, 7) is 0.0932. The number of fused-ring (bicyclic) bond motifs is 3. The van der Waals surface area contributed by atoms with Crippen LogP contribution in [-0.4, -0.2) is 41.9 Å². The zero-order chi connectivity index (χ0) is 23.2. The van der Waals surface area contributed by atoms with Crippen LogP contribution in [0.15, 0.2) is 48.5 Å². The molecule has 1 saturated carbocycles. The third-order valence-electron chi connectivity index (χ3n) is 6.42. The van der Waals surface area contributed by atoms with Crippen LogP contribution < -0.4 is 5.32 Å². The maximum atomic E-state index is 12.4. The summed E-state index contributed by atoms with van der Waals surface area (Å²) >= 11 is 0. The second-order valence-corrected chi connectivity index (χ2v) is 8.65. The average molecular weight is 452 g/mol. The molecule has 2 aromatic carbocycles. The van der Waals surface area contributed by atoms with Crippen LogP contribution in [0.5, 0.6) is 0 Å². The van der Waals surface area contributed by atoms with Crippen LogP contribution in [0.3, 0.4) is 0 Å². The van der Waals surface area contributed by atoms with Crippen molar-refractivity contribution in [2.24, 2.45) is 0 Å². The fourth-order valence-electron chi connectivity index (χ4n) is 4.73. The summed E-state index contributed by atoms with van der Waals surface area (Å²) in [7, 11) is 0. The van der Waals surface area contributed by atoms with E-state index in [2.05, 4.69) is 5.32 Å². The molecule has 7 heteroatoms. The van der Waals surface area contributed by atoms with Gasteiger partial charge >= 0.3 is 18.0 Å². The minimum Gasteiger partial charge on any atom is -0.480 e. The number of rotatable bonds is 8. The normalized spacial score (nSPS) is 16.4. The van der Waals surface area contributed by atoms with E-state index in [4.69, 9.17) is 9.47 Å². The Labute approximate surface area is 193 Å². The highest BCUT2D eigenvalue weighted by molar-refractivity contribution is 5.81. The maximum Gasteiger partial charge on any atom is 0.407 e. The average Bonchev–Trinajstić information content (AvgIpc) is 3.14. The van der Waals surface area contributed by atoms with Crippen LogP contribution in [0.2, 0.25) is 0 Å². The lowest BCUT2D eigenvalue weighted by Crippen LogP contribution is -2.41. The van der Waals surface area contributed by atoms with Crippen molar-refractivity contribution in [2.45, 2.75) is 63.0 Å². The van der Waals surface area contributed by atoms with Crippen molar-refractivity contribution in [1.82, 2.24) is 5.32 Å². The Morgan fingerprint density at radius 3 is 2.15 bits per heavy atom. The molecule has 1 fully saturated rings. The molecule has 7 nitrogen and oxygen atoms in total. The van der Waals surface area contributed by atoms with Gasteiger partial charge in [0.15, 0.2) is 0 Å². The third kappa shape index (κ3) is 5.53. The molecule has 0 unspecified atom stereocenters. The fourth-order valence-corrected chi connectivity index (χ4v) is 4.73. The number of carbonyl (C=O) groups is 3. The number of alkyl carbamates (subject to hydrolysis) is 1. The van der Waals surface area contributed by atoms with Gasteiger partial charge in [-0.25, -0.2) is 9.59 Å². The molecule has 0 saturated heterocycles. The summed E-state index contributed by atoms with van der Waals surface area (Å²) in [5, 5.41) is 11.9. The van der Waals surface area contributed by atoms with E-state index in [1.807, 2.05) is 48.5 Å². The van der Waals surface area contributed by atoms with Gasteiger partial charge in [-0.3, -0.25) is 4.79 Å². The molecule has 2 N–H and O–H groups in total. The number of nitrogens with one attached hydrogen (secondary N) is 1. The topological polar surface area (TPSA) is 102 Å². The Bertz CT molecular complexity index is 968. The molecule has 174 valence electrons. The molecule has 0 radical (unpaired) electrons. The summed E-state index contributed by atoms with van der Waals surface area (Å²) in [5.41, 5.74) is 4.38. The Hall–Kier alpha value is -3.35. The first-order valence-electron chi connectivity index (χ1n) is 11.6. The molecule has 0 spiro atoms. The van der Waals surface area contributed by atoms with E-state index in [9.17, 15) is 19.5 Å². The van der Waals surface area contributed by atoms with E-state index in [1.165, 1.54) is 0 Å². The van der Waals surface area contributed by atoms with E-state index in [0.717, 1.165) is 54.4 Å². The van der Waals surface area contributed by atoms with Gasteiger partial charge in [0.05, 0.1) is 0 Å². The second kappa shape index (κ2) is 10.5. The molecule has 33 heavy (non-hydrogen) atoms. The number of carbonyl (C=O) groups excluding carboxylic acids is 2. The summed E-state index contributed by atoms with van der Waals surface area (Å²) in [5.74, 6) is -1.76. The van der Waals surface area contributed by atoms with E-state index in [0.29, 0.717) is 0 Å². The molecule has 4 rings (SSSR count). The number of benzene rings is 2. The largest absolute Gasteiger partial charge is 0.480 e. The minimum atomic E-state index is -1.22. The van der Waals surface area contributed by atoms with Gasteiger partial charge in [-0.2, -0.15) is 0 Å². The lowest BCUT2D eigenvalue weighted by atomic mass is 9.98. The van der Waals surface area contributed by atoms with Crippen LogP contribution >= 0.6 is 0 Å². The molecule has 0 aromatic heterocycles. The number of aliphatic carboxylic acids is 1. The van der Waals surface area contributed by atoms with Crippen molar-refractivity contribution in [3.8, 4) is 11.1 Å². The van der Waals surface area contributed by atoms with E-state index in [-0.39, 0.29) is 31.5 Å². The number of hydrogen-bond acceptors (Lipinski definition) is 5. The van der Waals surface area contributed by atoms with Crippen molar-refractivity contribution in [3.63, 3.8) is 0 Å². The van der Waals surface area contributed by atoms with E-state index >= 15 is 0 Å². The quantitative estimate of drug-likeness (QED) is 0.567. The number of ether oxygens (including phenoxy) is 2. The summed E-state index contributed by atoms with van der Waals surface area (Å²) in [4.78, 5) is 36.1. The number of carboxylic acids is 1. The van der Waals surface area contributed by atoms with Gasteiger partial charge in [0.1, 0.15) is 18.8 Å². The predicted molar refractivity (Wildman–Crippen MR) is 122 cm³/mol. The molecule has 2 aromatic rings. The molecule has 2 aliphatic rings. The van der Waals surface area contributed by atoms with Crippen LogP contribution in [0, 0.1) is 0 Å². The molecule has 0 aliphatic heterocycles. The SMILES string of the molecule is O=C(CC[C@@H](NC(=O)OCC1c2ccccc2-c2ccccc21)C(=O)O)OC1CCCCC1. The van der Waals surface area contributed by atoms with Crippen molar-refractivity contribution in [1.29, 1.82) is 0 Å². The zero-order valence-electron chi connectivity index (χ0n) is 18.5. The van der Waals surface area contributed by atoms with Crippen molar-refractivity contribution in [2.75, 3.05) is 6.61 Å². The highest BCUT2D eigenvalue weighted by atomic mass is 16.6. The lowest BCUT2D eigenvalue weighted by Gasteiger charge is -2.22. The summed E-state index contributed by atoms with van der Waals surface area (Å²) < 4.78 is 10.9. The number of carboxylic acid groups (broad SMARTS) is 1. The van der Waals surface area contributed by atoms with Crippen molar-refractivity contribution < 1.29 is 29.0 Å². The van der Waals surface area contributed by atoms with Gasteiger partial charge in [-0.15, -0.1) is 0 Å². The van der Waals surface area contributed by atoms with Crippen LogP contribution in [-0.2, 0) is 19.1 Å². The zero-order valence-corrected chi connectivity index (χ0v) is 18.5. The van der Waals surface area contributed by atoms with Crippen molar-refractivity contribution in [3.05, 3.63) is 59.7 Å². The van der Waals surface area contributed by atoms with Crippen LogP contribution in [0.1, 0.15) is 62.0 Å². The Balaban J connectivity index is 1.30. The monoisotopic (exact) mass is 451 g/mol. The standard InChI is InChI=1S/C26H29NO6/c28-24(33-17-8-2-1-3-9-17)15-14-23(25(29)30)27-26(31)32-16-22-20-12-6-4-10-18(20)19-11-5-7-13-21(19)22/h4-7,10-13,17,22-23H,1-3,8-9,14-16H2,(H,27,31)(H,29,30)/t23-/m1/s1. The number of esters is 1. The van der Waals surface area contributed by atoms with Crippen LogP contribution in [0.4, 0.5) is 4.79 Å². The van der Waals surface area contributed by atoms with Crippen molar-refractivity contribution >= 4 is 18.0 Å². The molecular formula is C26H29NO6. The van der Waals surface area contributed by atoms with Gasteiger partial charge in [0, 0.05) is 12.3 Å². The molecular weight excluding hydrogens is 422 g/mol. The highest BCUT2D eigenvalue weighted by Gasteiger charge is 2.30. The van der Waals surface area contributed by atoms with Gasteiger partial charge in [0.2, 0.25) is 0 Å². The Morgan fingerprint density at radius 1 is 0.939 bits per heavy atom. The van der Waals surface area contributed by atoms with E-state index in [1.54, 1.807) is 0 Å². The number of amides is 1. The molecule has 1 atom stereocenters. The smallest absolute Gasteiger partial charge is 0.407 e. The first kappa shape index (κ1) is 22.8. The van der Waals surface area contributed by atoms with Gasteiger partial charge in [-0.1, -0.05) is 55.0 Å². The molecule has 0 heterocycles. The summed E-state index contributed by atoms with van der Waals surface area (Å²) in [6, 6.07) is 14.7. The van der Waals surface area contributed by atoms with E-state index < -0.39 is 24.1 Å². The lowest BCUT2D eigenvalue weighted by molar-refractivity contribution is -0.151. The Kier molecular flexibility index (Phi) is 7.27. The minimum absolute atomic E-state index is 0.0505. The van der Waals surface area contributed by atoms with Crippen LogP contribution in [0.25, 0.3) is 11.1 Å². The molecule has 2 aliphatic carbocycles. The maximum absolute atomic E-state index is 12.4. The number of hydrogen-bond donors (Lipinski definition) is 2. The van der Waals surface area contributed by atoms with Gasteiger partial charge in [0.25, 0.3) is 0 Å². The summed E-state index contributed by atoms with van der Waals surface area (Å²) in [6.07, 6.45) is 3.92. The van der Waals surface area contributed by atoms with Gasteiger partial charge in [-0.05, 0) is 54.4 Å². The third-order valence-corrected chi connectivity index (χ3v) is 6.42. The first-order chi connectivity index (χ1) is 16.0. The Morgan fingerprint density at radius 2 is 1.55 bits per heavy atom. The highest BCUT2D eigenvalue weighted by Crippen LogP contribution is 2.44.